The van der Waals surface area contributed by atoms with Gasteiger partial charge in [-0.15, -0.1) is 0 Å². The lowest BCUT2D eigenvalue weighted by molar-refractivity contribution is -0.287. The van der Waals surface area contributed by atoms with Crippen molar-refractivity contribution in [1.82, 2.24) is 0 Å². The summed E-state index contributed by atoms with van der Waals surface area (Å²) in [6, 6.07) is 0. The Morgan fingerprint density at radius 3 is 2.12 bits per heavy atom. The van der Waals surface area contributed by atoms with Crippen LogP contribution >= 0.6 is 11.6 Å². The van der Waals surface area contributed by atoms with Crippen molar-refractivity contribution < 1.29 is 35.5 Å². The Labute approximate surface area is 89.8 Å². The highest BCUT2D eigenvalue weighted by Crippen LogP contribution is 2.51. The Balaban J connectivity index is 2.93. The molecule has 0 saturated carbocycles. The van der Waals surface area contributed by atoms with Crippen LogP contribution in [0.5, 0.6) is 0 Å². The van der Waals surface area contributed by atoms with E-state index in [1.165, 1.54) is 0 Å². The fourth-order valence-electron chi connectivity index (χ4n) is 1.03. The van der Waals surface area contributed by atoms with Crippen LogP contribution in [-0.4, -0.2) is 29.9 Å². The standard InChI is InChI=1S/C7H4ClF7O/c8-6(14)2(9)1-3(10)7(6,15)16-5(13)4(11)12/h1,3-5H. The van der Waals surface area contributed by atoms with Crippen molar-refractivity contribution in [3.8, 4) is 0 Å². The van der Waals surface area contributed by atoms with Crippen molar-refractivity contribution in [3.05, 3.63) is 11.9 Å². The van der Waals surface area contributed by atoms with Gasteiger partial charge in [0.2, 0.25) is 0 Å². The first-order chi connectivity index (χ1) is 7.13. The highest BCUT2D eigenvalue weighted by Gasteiger charge is 2.68. The largest absolute Gasteiger partial charge is 0.302 e. The van der Waals surface area contributed by atoms with Crippen molar-refractivity contribution in [2.75, 3.05) is 0 Å². The fraction of sp³-hybridized carbons (Fsp3) is 0.714. The number of rotatable bonds is 3. The van der Waals surface area contributed by atoms with Gasteiger partial charge in [-0.25, -0.2) is 30.7 Å². The molecule has 0 heterocycles. The van der Waals surface area contributed by atoms with E-state index in [0.717, 1.165) is 0 Å². The van der Waals surface area contributed by atoms with Crippen LogP contribution in [0.4, 0.5) is 30.7 Å². The molecule has 1 aliphatic rings. The number of hydrogen-bond acceptors (Lipinski definition) is 1. The number of alkyl halides is 7. The minimum absolute atomic E-state index is 0.259. The molecule has 0 fully saturated rings. The summed E-state index contributed by atoms with van der Waals surface area (Å²) in [6.45, 7) is 0. The van der Waals surface area contributed by atoms with Crippen LogP contribution in [0.2, 0.25) is 0 Å². The zero-order valence-electron chi connectivity index (χ0n) is 7.24. The van der Waals surface area contributed by atoms with Gasteiger partial charge >= 0.3 is 5.85 Å². The van der Waals surface area contributed by atoms with Crippen molar-refractivity contribution in [3.63, 3.8) is 0 Å². The van der Waals surface area contributed by atoms with Gasteiger partial charge in [-0.05, 0) is 6.08 Å². The van der Waals surface area contributed by atoms with E-state index >= 15 is 0 Å². The van der Waals surface area contributed by atoms with E-state index in [-0.39, 0.29) is 6.08 Å². The van der Waals surface area contributed by atoms with Crippen molar-refractivity contribution in [2.45, 2.75) is 29.9 Å². The summed E-state index contributed by atoms with van der Waals surface area (Å²) >= 11 is 4.61. The van der Waals surface area contributed by atoms with Crippen LogP contribution in [-0.2, 0) is 4.74 Å². The summed E-state index contributed by atoms with van der Waals surface area (Å²) in [5.41, 5.74) is 0. The maximum absolute atomic E-state index is 13.4. The molecule has 1 nitrogen and oxygen atoms in total. The van der Waals surface area contributed by atoms with Crippen molar-refractivity contribution >= 4 is 11.6 Å². The molecule has 0 saturated heterocycles. The molecule has 0 aliphatic heterocycles. The summed E-state index contributed by atoms with van der Waals surface area (Å²) < 4.78 is 90.7. The zero-order chi connectivity index (χ0) is 12.7. The number of hydrogen-bond donors (Lipinski definition) is 0. The Morgan fingerprint density at radius 1 is 1.31 bits per heavy atom. The van der Waals surface area contributed by atoms with Crippen LogP contribution < -0.4 is 0 Å². The normalized spacial score (nSPS) is 41.3. The summed E-state index contributed by atoms with van der Waals surface area (Å²) in [7, 11) is 0. The van der Waals surface area contributed by atoms with E-state index in [0.29, 0.717) is 0 Å². The molecule has 9 heteroatoms. The molecule has 4 unspecified atom stereocenters. The predicted octanol–water partition coefficient (Wildman–Crippen LogP) is 3.34. The van der Waals surface area contributed by atoms with E-state index in [2.05, 4.69) is 16.3 Å². The summed E-state index contributed by atoms with van der Waals surface area (Å²) in [5, 5.41) is -4.17. The molecule has 0 bridgehead atoms. The highest BCUT2D eigenvalue weighted by molar-refractivity contribution is 6.25. The lowest BCUT2D eigenvalue weighted by atomic mass is 10.2. The van der Waals surface area contributed by atoms with Crippen molar-refractivity contribution in [1.29, 1.82) is 0 Å². The lowest BCUT2D eigenvalue weighted by Gasteiger charge is -2.30. The fourth-order valence-corrected chi connectivity index (χ4v) is 1.24. The molecule has 0 aromatic rings. The molecule has 1 rings (SSSR count). The van der Waals surface area contributed by atoms with E-state index in [9.17, 15) is 30.7 Å². The zero-order valence-corrected chi connectivity index (χ0v) is 8.00. The van der Waals surface area contributed by atoms with Gasteiger partial charge in [0, 0.05) is 0 Å². The van der Waals surface area contributed by atoms with E-state index in [4.69, 9.17) is 0 Å². The maximum Gasteiger partial charge on any atom is 0.302 e. The van der Waals surface area contributed by atoms with Gasteiger partial charge in [0.1, 0.15) is 0 Å². The number of halogens is 8. The number of ether oxygens (including phenoxy) is 1. The highest BCUT2D eigenvalue weighted by atomic mass is 35.5. The third-order valence-electron chi connectivity index (χ3n) is 1.86. The first-order valence-corrected chi connectivity index (χ1v) is 4.19. The van der Waals surface area contributed by atoms with E-state index in [1.54, 1.807) is 0 Å². The molecule has 16 heavy (non-hydrogen) atoms. The SMILES string of the molecule is FC1=CC(F)C(F)(OC(F)C(F)F)C1(F)Cl. The third kappa shape index (κ3) is 1.88. The second-order valence-electron chi connectivity index (χ2n) is 2.94. The second kappa shape index (κ2) is 4.06. The van der Waals surface area contributed by atoms with Gasteiger partial charge in [0.25, 0.3) is 17.9 Å². The summed E-state index contributed by atoms with van der Waals surface area (Å²) in [4.78, 5) is 0. The van der Waals surface area contributed by atoms with Gasteiger partial charge in [0.15, 0.2) is 12.0 Å². The quantitative estimate of drug-likeness (QED) is 0.565. The smallest absolute Gasteiger partial charge is 0.299 e. The van der Waals surface area contributed by atoms with Crippen LogP contribution in [0.25, 0.3) is 0 Å². The third-order valence-corrected chi connectivity index (χ3v) is 2.30. The van der Waals surface area contributed by atoms with Crippen LogP contribution in [0.15, 0.2) is 11.9 Å². The van der Waals surface area contributed by atoms with Gasteiger partial charge in [-0.1, -0.05) is 11.6 Å². The van der Waals surface area contributed by atoms with Gasteiger partial charge in [0.05, 0.1) is 0 Å². The van der Waals surface area contributed by atoms with Gasteiger partial charge < -0.3 is 0 Å². The Kier molecular flexibility index (Phi) is 3.45. The molecule has 0 radical (unpaired) electrons. The monoisotopic (exact) mass is 272 g/mol. The van der Waals surface area contributed by atoms with Crippen LogP contribution in [0.1, 0.15) is 0 Å². The molecule has 1 aliphatic carbocycles. The van der Waals surface area contributed by atoms with Gasteiger partial charge in [-0.3, -0.25) is 4.74 Å². The molecule has 0 aromatic heterocycles. The molecule has 0 amide bonds. The summed E-state index contributed by atoms with van der Waals surface area (Å²) in [6.07, 6.45) is -10.9. The first kappa shape index (κ1) is 13.6. The van der Waals surface area contributed by atoms with Crippen molar-refractivity contribution in [2.24, 2.45) is 0 Å². The minimum atomic E-state index is -4.37. The molecule has 0 aromatic carbocycles. The summed E-state index contributed by atoms with van der Waals surface area (Å²) in [5.74, 6) is -6.47. The first-order valence-electron chi connectivity index (χ1n) is 3.81. The average Bonchev–Trinajstić information content (AvgIpc) is 2.28. The topological polar surface area (TPSA) is 9.23 Å². The maximum atomic E-state index is 13.4. The molecular formula is C7H4ClF7O. The Morgan fingerprint density at radius 2 is 1.81 bits per heavy atom. The van der Waals surface area contributed by atoms with Crippen LogP contribution in [0, 0.1) is 0 Å². The van der Waals surface area contributed by atoms with Crippen LogP contribution in [0.3, 0.4) is 0 Å². The minimum Gasteiger partial charge on any atom is -0.299 e. The molecule has 4 atom stereocenters. The average molecular weight is 273 g/mol. The van der Waals surface area contributed by atoms with Gasteiger partial charge in [-0.2, -0.15) is 0 Å². The molecule has 0 N–H and O–H groups in total. The molecule has 94 valence electrons. The molecular weight excluding hydrogens is 269 g/mol. The second-order valence-corrected chi connectivity index (χ2v) is 3.46. The van der Waals surface area contributed by atoms with E-state index in [1.807, 2.05) is 0 Å². The Bertz CT molecular complexity index is 307. The van der Waals surface area contributed by atoms with E-state index < -0.39 is 35.8 Å². The predicted molar refractivity (Wildman–Crippen MR) is 39.6 cm³/mol. The Hall–Kier alpha value is -0.500. The lowest BCUT2D eigenvalue weighted by Crippen LogP contribution is -2.51. The molecule has 0 spiro atoms.